The normalized spacial score (nSPS) is 11.8. The van der Waals surface area contributed by atoms with Gasteiger partial charge in [0.15, 0.2) is 0 Å². The van der Waals surface area contributed by atoms with E-state index in [0.717, 1.165) is 11.3 Å². The van der Waals surface area contributed by atoms with Crippen molar-refractivity contribution in [3.05, 3.63) is 42.5 Å². The first-order valence-corrected chi connectivity index (χ1v) is 5.84. The van der Waals surface area contributed by atoms with Crippen molar-refractivity contribution in [3.8, 4) is 5.75 Å². The van der Waals surface area contributed by atoms with Gasteiger partial charge in [0.05, 0.1) is 13.5 Å². The molecule has 0 fully saturated rings. The summed E-state index contributed by atoms with van der Waals surface area (Å²) in [4.78, 5) is 10.8. The van der Waals surface area contributed by atoms with Crippen LogP contribution in [0.5, 0.6) is 5.75 Å². The lowest BCUT2D eigenvalue weighted by atomic mass is 10.0. The number of carboxylic acid groups (broad SMARTS) is 1. The van der Waals surface area contributed by atoms with Crippen molar-refractivity contribution in [1.29, 1.82) is 0 Å². The van der Waals surface area contributed by atoms with Crippen LogP contribution in [0.3, 0.4) is 0 Å². The van der Waals surface area contributed by atoms with E-state index in [0.29, 0.717) is 13.0 Å². The number of nitrogens with one attached hydrogen (secondary N) is 1. The minimum absolute atomic E-state index is 0.0890. The molecule has 4 nitrogen and oxygen atoms in total. The van der Waals surface area contributed by atoms with Crippen LogP contribution in [-0.4, -0.2) is 30.8 Å². The Morgan fingerprint density at radius 1 is 1.50 bits per heavy atom. The predicted molar refractivity (Wildman–Crippen MR) is 70.9 cm³/mol. The Morgan fingerprint density at radius 3 is 2.67 bits per heavy atom. The van der Waals surface area contributed by atoms with E-state index in [-0.39, 0.29) is 12.5 Å². The molecule has 2 N–H and O–H groups in total. The predicted octanol–water partition coefficient (Wildman–Crippen LogP) is 1.86. The fourth-order valence-corrected chi connectivity index (χ4v) is 1.72. The van der Waals surface area contributed by atoms with Gasteiger partial charge in [0, 0.05) is 12.6 Å². The van der Waals surface area contributed by atoms with Crippen molar-refractivity contribution in [3.63, 3.8) is 0 Å². The van der Waals surface area contributed by atoms with Crippen LogP contribution in [0, 0.1) is 0 Å². The van der Waals surface area contributed by atoms with E-state index < -0.39 is 5.97 Å². The molecule has 0 saturated carbocycles. The van der Waals surface area contributed by atoms with Gasteiger partial charge in [-0.05, 0) is 24.1 Å². The fourth-order valence-electron chi connectivity index (χ4n) is 1.72. The van der Waals surface area contributed by atoms with Crippen LogP contribution in [0.1, 0.15) is 12.0 Å². The van der Waals surface area contributed by atoms with Crippen molar-refractivity contribution in [1.82, 2.24) is 5.32 Å². The van der Waals surface area contributed by atoms with E-state index >= 15 is 0 Å². The van der Waals surface area contributed by atoms with Gasteiger partial charge in [-0.3, -0.25) is 4.79 Å². The van der Waals surface area contributed by atoms with Crippen LogP contribution < -0.4 is 10.1 Å². The molecule has 1 rings (SSSR count). The molecule has 0 amide bonds. The Balaban J connectivity index is 2.62. The highest BCUT2D eigenvalue weighted by Gasteiger charge is 2.12. The Morgan fingerprint density at radius 2 is 2.17 bits per heavy atom. The molecule has 1 aromatic carbocycles. The number of carboxylic acids is 1. The zero-order valence-corrected chi connectivity index (χ0v) is 10.6. The number of carbonyl (C=O) groups is 1. The summed E-state index contributed by atoms with van der Waals surface area (Å²) in [5.41, 5.74) is 1.08. The SMILES string of the molecule is C=CCNC(CC(=O)O)Cc1ccc(OC)cc1. The van der Waals surface area contributed by atoms with E-state index in [4.69, 9.17) is 9.84 Å². The lowest BCUT2D eigenvalue weighted by Gasteiger charge is -2.16. The Labute approximate surface area is 107 Å². The lowest BCUT2D eigenvalue weighted by molar-refractivity contribution is -0.137. The highest BCUT2D eigenvalue weighted by molar-refractivity contribution is 5.67. The van der Waals surface area contributed by atoms with Crippen LogP contribution in [0.2, 0.25) is 0 Å². The summed E-state index contributed by atoms with van der Waals surface area (Å²) in [5.74, 6) is -0.00217. The van der Waals surface area contributed by atoms with Crippen LogP contribution in [-0.2, 0) is 11.2 Å². The van der Waals surface area contributed by atoms with E-state index in [9.17, 15) is 4.79 Å². The quantitative estimate of drug-likeness (QED) is 0.690. The van der Waals surface area contributed by atoms with Gasteiger partial charge in [0.2, 0.25) is 0 Å². The molecule has 1 unspecified atom stereocenters. The Kier molecular flexibility index (Phi) is 5.94. The number of hydrogen-bond donors (Lipinski definition) is 2. The molecule has 1 atom stereocenters. The minimum Gasteiger partial charge on any atom is -0.497 e. The smallest absolute Gasteiger partial charge is 0.304 e. The lowest BCUT2D eigenvalue weighted by Crippen LogP contribution is -2.33. The van der Waals surface area contributed by atoms with Gasteiger partial charge in [-0.25, -0.2) is 0 Å². The average molecular weight is 249 g/mol. The van der Waals surface area contributed by atoms with Gasteiger partial charge < -0.3 is 15.2 Å². The van der Waals surface area contributed by atoms with Crippen LogP contribution >= 0.6 is 0 Å². The maximum absolute atomic E-state index is 10.8. The van der Waals surface area contributed by atoms with Crippen LogP contribution in [0.4, 0.5) is 0 Å². The van der Waals surface area contributed by atoms with Crippen molar-refractivity contribution < 1.29 is 14.6 Å². The molecule has 1 aromatic rings. The molecule has 98 valence electrons. The summed E-state index contributed by atoms with van der Waals surface area (Å²) in [7, 11) is 1.62. The summed E-state index contributed by atoms with van der Waals surface area (Å²) >= 11 is 0. The number of methoxy groups -OCH3 is 1. The van der Waals surface area contributed by atoms with E-state index in [1.807, 2.05) is 24.3 Å². The van der Waals surface area contributed by atoms with Gasteiger partial charge >= 0.3 is 5.97 Å². The van der Waals surface area contributed by atoms with Gasteiger partial charge in [0.25, 0.3) is 0 Å². The summed E-state index contributed by atoms with van der Waals surface area (Å²) in [6, 6.07) is 7.56. The highest BCUT2D eigenvalue weighted by atomic mass is 16.5. The van der Waals surface area contributed by atoms with Gasteiger partial charge in [-0.1, -0.05) is 18.2 Å². The Hall–Kier alpha value is -1.81. The van der Waals surface area contributed by atoms with Crippen LogP contribution in [0.25, 0.3) is 0 Å². The second-order valence-corrected chi connectivity index (χ2v) is 4.04. The molecule has 0 bridgehead atoms. The third-order valence-corrected chi connectivity index (χ3v) is 2.61. The number of hydrogen-bond acceptors (Lipinski definition) is 3. The zero-order chi connectivity index (χ0) is 13.4. The largest absolute Gasteiger partial charge is 0.497 e. The summed E-state index contributed by atoms with van der Waals surface area (Å²) < 4.78 is 5.08. The van der Waals surface area contributed by atoms with E-state index in [2.05, 4.69) is 11.9 Å². The maximum Gasteiger partial charge on any atom is 0.304 e. The number of benzene rings is 1. The number of aliphatic carboxylic acids is 1. The monoisotopic (exact) mass is 249 g/mol. The first kappa shape index (κ1) is 14.3. The minimum atomic E-state index is -0.801. The van der Waals surface area contributed by atoms with Crippen LogP contribution in [0.15, 0.2) is 36.9 Å². The Bertz CT molecular complexity index is 387. The maximum atomic E-state index is 10.8. The van der Waals surface area contributed by atoms with Gasteiger partial charge in [-0.15, -0.1) is 6.58 Å². The van der Waals surface area contributed by atoms with Gasteiger partial charge in [0.1, 0.15) is 5.75 Å². The summed E-state index contributed by atoms with van der Waals surface area (Å²) in [6.07, 6.45) is 2.49. The molecular formula is C14H19NO3. The topological polar surface area (TPSA) is 58.6 Å². The number of ether oxygens (including phenoxy) is 1. The molecule has 0 radical (unpaired) electrons. The first-order chi connectivity index (χ1) is 8.65. The first-order valence-electron chi connectivity index (χ1n) is 5.84. The molecular weight excluding hydrogens is 230 g/mol. The summed E-state index contributed by atoms with van der Waals surface area (Å²) in [6.45, 7) is 4.22. The zero-order valence-electron chi connectivity index (χ0n) is 10.6. The molecule has 0 aliphatic rings. The molecule has 0 heterocycles. The third kappa shape index (κ3) is 5.01. The number of rotatable bonds is 8. The van der Waals surface area contributed by atoms with Crippen molar-refractivity contribution >= 4 is 5.97 Å². The third-order valence-electron chi connectivity index (χ3n) is 2.61. The molecule has 0 aliphatic heterocycles. The fraction of sp³-hybridized carbons (Fsp3) is 0.357. The molecule has 0 spiro atoms. The molecule has 0 aliphatic carbocycles. The second-order valence-electron chi connectivity index (χ2n) is 4.04. The molecule has 0 aromatic heterocycles. The van der Waals surface area contributed by atoms with Gasteiger partial charge in [-0.2, -0.15) is 0 Å². The highest BCUT2D eigenvalue weighted by Crippen LogP contribution is 2.13. The summed E-state index contributed by atoms with van der Waals surface area (Å²) in [5, 5.41) is 12.0. The average Bonchev–Trinajstić information content (AvgIpc) is 2.36. The van der Waals surface area contributed by atoms with Crippen molar-refractivity contribution in [2.75, 3.05) is 13.7 Å². The van der Waals surface area contributed by atoms with Crippen molar-refractivity contribution in [2.24, 2.45) is 0 Å². The molecule has 18 heavy (non-hydrogen) atoms. The molecule has 4 heteroatoms. The van der Waals surface area contributed by atoms with E-state index in [1.165, 1.54) is 0 Å². The molecule has 0 saturated heterocycles. The van der Waals surface area contributed by atoms with Crippen molar-refractivity contribution in [2.45, 2.75) is 18.9 Å². The second kappa shape index (κ2) is 7.50. The standard InChI is InChI=1S/C14H19NO3/c1-3-8-15-12(10-14(16)17)9-11-4-6-13(18-2)7-5-11/h3-7,12,15H,1,8-10H2,2H3,(H,16,17). The van der Waals surface area contributed by atoms with E-state index in [1.54, 1.807) is 13.2 Å².